The predicted octanol–water partition coefficient (Wildman–Crippen LogP) is 3.03. The molecule has 2 saturated carbocycles. The van der Waals surface area contributed by atoms with Gasteiger partial charge < -0.3 is 4.74 Å². The maximum atomic E-state index is 5.78. The van der Waals surface area contributed by atoms with Gasteiger partial charge >= 0.3 is 0 Å². The summed E-state index contributed by atoms with van der Waals surface area (Å²) in [6.07, 6.45) is 7.48. The van der Waals surface area contributed by atoms with E-state index in [4.69, 9.17) is 10.6 Å². The highest BCUT2D eigenvalue weighted by Gasteiger charge is 2.44. The van der Waals surface area contributed by atoms with Gasteiger partial charge in [0.05, 0.1) is 11.6 Å². The van der Waals surface area contributed by atoms with Gasteiger partial charge in [-0.2, -0.15) is 0 Å². The van der Waals surface area contributed by atoms with Crippen molar-refractivity contribution in [2.45, 2.75) is 56.1 Å². The zero-order chi connectivity index (χ0) is 13.3. The number of methoxy groups -OCH3 is 1. The van der Waals surface area contributed by atoms with Crippen molar-refractivity contribution in [3.8, 4) is 0 Å². The highest BCUT2D eigenvalue weighted by molar-refractivity contribution is 5.30. The molecule has 2 aliphatic rings. The fourth-order valence-electron chi connectivity index (χ4n) is 3.39. The first kappa shape index (κ1) is 13.1. The molecule has 0 aliphatic heterocycles. The fourth-order valence-corrected chi connectivity index (χ4v) is 3.39. The Kier molecular flexibility index (Phi) is 3.61. The molecule has 104 valence electrons. The Morgan fingerprint density at radius 3 is 2.26 bits per heavy atom. The van der Waals surface area contributed by atoms with Crippen molar-refractivity contribution in [1.29, 1.82) is 0 Å². The Morgan fingerprint density at radius 1 is 1.21 bits per heavy atom. The maximum Gasteiger partial charge on any atom is 0.0885 e. The monoisotopic (exact) mass is 260 g/mol. The lowest BCUT2D eigenvalue weighted by Crippen LogP contribution is -2.52. The first-order chi connectivity index (χ1) is 9.29. The van der Waals surface area contributed by atoms with Crippen molar-refractivity contribution < 1.29 is 4.74 Å². The van der Waals surface area contributed by atoms with Crippen LogP contribution in [0.1, 0.15) is 61.6 Å². The second-order valence-corrected chi connectivity index (χ2v) is 6.02. The van der Waals surface area contributed by atoms with Gasteiger partial charge in [-0.1, -0.05) is 30.7 Å². The van der Waals surface area contributed by atoms with E-state index in [-0.39, 0.29) is 11.6 Å². The minimum Gasteiger partial charge on any atom is -0.376 e. The van der Waals surface area contributed by atoms with Gasteiger partial charge in [0, 0.05) is 7.11 Å². The molecule has 3 heteroatoms. The van der Waals surface area contributed by atoms with E-state index >= 15 is 0 Å². The number of ether oxygens (including phenoxy) is 1. The molecule has 1 unspecified atom stereocenters. The number of hydrogen-bond donors (Lipinski definition) is 2. The van der Waals surface area contributed by atoms with Crippen LogP contribution in [0.25, 0.3) is 0 Å². The first-order valence-corrected chi connectivity index (χ1v) is 7.40. The van der Waals surface area contributed by atoms with E-state index in [1.807, 2.05) is 0 Å². The molecule has 19 heavy (non-hydrogen) atoms. The molecule has 0 bridgehead atoms. The molecule has 0 heterocycles. The van der Waals surface area contributed by atoms with Crippen molar-refractivity contribution in [3.05, 3.63) is 35.4 Å². The van der Waals surface area contributed by atoms with Crippen LogP contribution in [0.3, 0.4) is 0 Å². The summed E-state index contributed by atoms with van der Waals surface area (Å²) in [5.74, 6) is 6.57. The summed E-state index contributed by atoms with van der Waals surface area (Å²) in [6, 6.07) is 9.08. The highest BCUT2D eigenvalue weighted by atomic mass is 16.5. The van der Waals surface area contributed by atoms with Crippen molar-refractivity contribution in [3.63, 3.8) is 0 Å². The molecule has 2 aliphatic carbocycles. The summed E-state index contributed by atoms with van der Waals surface area (Å²) in [5.41, 5.74) is 5.58. The summed E-state index contributed by atoms with van der Waals surface area (Å²) < 4.78 is 5.75. The molecule has 3 nitrogen and oxygen atoms in total. The maximum absolute atomic E-state index is 5.78. The van der Waals surface area contributed by atoms with Crippen LogP contribution in [0.2, 0.25) is 0 Å². The Balaban J connectivity index is 1.79. The van der Waals surface area contributed by atoms with Crippen molar-refractivity contribution >= 4 is 0 Å². The van der Waals surface area contributed by atoms with E-state index < -0.39 is 0 Å². The lowest BCUT2D eigenvalue weighted by molar-refractivity contribution is -0.0999. The minimum atomic E-state index is -0.104. The molecule has 0 radical (unpaired) electrons. The molecular weight excluding hydrogens is 236 g/mol. The van der Waals surface area contributed by atoms with Crippen LogP contribution in [0.5, 0.6) is 0 Å². The smallest absolute Gasteiger partial charge is 0.0885 e. The van der Waals surface area contributed by atoms with Crippen LogP contribution in [-0.4, -0.2) is 12.7 Å². The van der Waals surface area contributed by atoms with E-state index in [1.54, 1.807) is 7.11 Å². The topological polar surface area (TPSA) is 47.3 Å². The summed E-state index contributed by atoms with van der Waals surface area (Å²) in [7, 11) is 1.80. The first-order valence-electron chi connectivity index (χ1n) is 7.40. The highest BCUT2D eigenvalue weighted by Crippen LogP contribution is 2.45. The largest absolute Gasteiger partial charge is 0.376 e. The van der Waals surface area contributed by atoms with Gasteiger partial charge in [0.15, 0.2) is 0 Å². The molecule has 1 atom stereocenters. The van der Waals surface area contributed by atoms with Gasteiger partial charge in [-0.25, -0.2) is 0 Å². The van der Waals surface area contributed by atoms with Crippen LogP contribution >= 0.6 is 0 Å². The number of benzene rings is 1. The van der Waals surface area contributed by atoms with E-state index in [0.29, 0.717) is 0 Å². The molecule has 3 N–H and O–H groups in total. The van der Waals surface area contributed by atoms with E-state index in [9.17, 15) is 0 Å². The molecule has 0 spiro atoms. The Bertz CT molecular complexity index is 415. The molecule has 3 rings (SSSR count). The third kappa shape index (κ3) is 2.20. The zero-order valence-corrected chi connectivity index (χ0v) is 11.7. The van der Waals surface area contributed by atoms with Crippen LogP contribution in [0.15, 0.2) is 24.3 Å². The van der Waals surface area contributed by atoms with Crippen LogP contribution in [-0.2, 0) is 4.74 Å². The second kappa shape index (κ2) is 5.23. The summed E-state index contributed by atoms with van der Waals surface area (Å²) in [4.78, 5) is 0. The van der Waals surface area contributed by atoms with Crippen molar-refractivity contribution in [2.24, 2.45) is 5.84 Å². The third-order valence-electron chi connectivity index (χ3n) is 5.15. The Hall–Kier alpha value is -0.900. The molecule has 0 aromatic heterocycles. The SMILES string of the molecule is COC1(C(NN)c2ccc(C3CCC3)cc2)CCC1. The van der Waals surface area contributed by atoms with Crippen LogP contribution < -0.4 is 11.3 Å². The van der Waals surface area contributed by atoms with Crippen LogP contribution in [0, 0.1) is 0 Å². The second-order valence-electron chi connectivity index (χ2n) is 6.02. The number of hydrogen-bond acceptors (Lipinski definition) is 3. The van der Waals surface area contributed by atoms with Gasteiger partial charge in [-0.05, 0) is 49.1 Å². The van der Waals surface area contributed by atoms with Gasteiger partial charge in [0.1, 0.15) is 0 Å². The summed E-state index contributed by atoms with van der Waals surface area (Å²) >= 11 is 0. The molecule has 2 fully saturated rings. The minimum absolute atomic E-state index is 0.0988. The number of rotatable bonds is 5. The van der Waals surface area contributed by atoms with Gasteiger partial charge in [0.2, 0.25) is 0 Å². The molecule has 1 aromatic rings. The van der Waals surface area contributed by atoms with Gasteiger partial charge in [-0.15, -0.1) is 0 Å². The number of hydrazine groups is 1. The van der Waals surface area contributed by atoms with Gasteiger partial charge in [-0.3, -0.25) is 11.3 Å². The Morgan fingerprint density at radius 2 is 1.89 bits per heavy atom. The number of nitrogens with one attached hydrogen (secondary N) is 1. The van der Waals surface area contributed by atoms with Crippen molar-refractivity contribution in [2.75, 3.05) is 7.11 Å². The predicted molar refractivity (Wildman–Crippen MR) is 76.7 cm³/mol. The van der Waals surface area contributed by atoms with Crippen molar-refractivity contribution in [1.82, 2.24) is 5.43 Å². The normalized spacial score (nSPS) is 23.5. The van der Waals surface area contributed by atoms with E-state index in [1.165, 1.54) is 36.8 Å². The standard InChI is InChI=1S/C16H24N2O/c1-19-16(10-3-11-16)15(18-17)14-8-6-13(7-9-14)12-4-2-5-12/h6-9,12,15,18H,2-5,10-11,17H2,1H3. The Labute approximate surface area is 115 Å². The lowest BCUT2D eigenvalue weighted by atomic mass is 9.72. The number of nitrogens with two attached hydrogens (primary N) is 1. The average molecular weight is 260 g/mol. The van der Waals surface area contributed by atoms with E-state index in [0.717, 1.165) is 18.8 Å². The molecular formula is C16H24N2O. The fraction of sp³-hybridized carbons (Fsp3) is 0.625. The van der Waals surface area contributed by atoms with Crippen LogP contribution in [0.4, 0.5) is 0 Å². The molecule has 0 amide bonds. The van der Waals surface area contributed by atoms with Gasteiger partial charge in [0.25, 0.3) is 0 Å². The van der Waals surface area contributed by atoms with E-state index in [2.05, 4.69) is 29.7 Å². The third-order valence-corrected chi connectivity index (χ3v) is 5.15. The zero-order valence-electron chi connectivity index (χ0n) is 11.7. The summed E-state index contributed by atoms with van der Waals surface area (Å²) in [5, 5.41) is 0. The summed E-state index contributed by atoms with van der Waals surface area (Å²) in [6.45, 7) is 0. The average Bonchev–Trinajstić information content (AvgIpc) is 2.33. The molecule has 1 aromatic carbocycles. The quantitative estimate of drug-likeness (QED) is 0.632. The lowest BCUT2D eigenvalue weighted by Gasteiger charge is -2.46. The molecule has 0 saturated heterocycles.